The van der Waals surface area contributed by atoms with Gasteiger partial charge in [-0.3, -0.25) is 0 Å². The Morgan fingerprint density at radius 3 is 2.76 bits per heavy atom. The molecule has 0 spiro atoms. The summed E-state index contributed by atoms with van der Waals surface area (Å²) >= 11 is 0. The van der Waals surface area contributed by atoms with Gasteiger partial charge in [0.15, 0.2) is 0 Å². The van der Waals surface area contributed by atoms with Crippen molar-refractivity contribution in [3.63, 3.8) is 0 Å². The second-order valence-electron chi connectivity index (χ2n) is 5.61. The van der Waals surface area contributed by atoms with Crippen molar-refractivity contribution in [2.24, 2.45) is 0 Å². The summed E-state index contributed by atoms with van der Waals surface area (Å²) in [6.45, 7) is 6.04. The highest BCUT2D eigenvalue weighted by Gasteiger charge is 2.09. The van der Waals surface area contributed by atoms with Gasteiger partial charge in [0.2, 0.25) is 0 Å². The topological polar surface area (TPSA) is 29.9 Å². The van der Waals surface area contributed by atoms with Crippen molar-refractivity contribution in [3.8, 4) is 0 Å². The largest absolute Gasteiger partial charge is 0.328 e. The minimum absolute atomic E-state index is 0.859. The normalized spacial score (nSPS) is 11.2. The van der Waals surface area contributed by atoms with Gasteiger partial charge in [0.05, 0.1) is 0 Å². The van der Waals surface area contributed by atoms with Crippen LogP contribution in [0.1, 0.15) is 22.3 Å². The molecule has 3 nitrogen and oxygen atoms in total. The first-order valence-electron chi connectivity index (χ1n) is 7.32. The first kappa shape index (κ1) is 13.8. The molecule has 2 heterocycles. The van der Waals surface area contributed by atoms with Gasteiger partial charge in [-0.15, -0.1) is 0 Å². The molecule has 0 fully saturated rings. The van der Waals surface area contributed by atoms with Gasteiger partial charge < -0.3 is 9.88 Å². The number of fused-ring (bicyclic) bond motifs is 1. The van der Waals surface area contributed by atoms with Crippen LogP contribution < -0.4 is 5.32 Å². The molecule has 0 bridgehead atoms. The third kappa shape index (κ3) is 2.69. The second-order valence-corrected chi connectivity index (χ2v) is 5.61. The highest BCUT2D eigenvalue weighted by Crippen LogP contribution is 2.21. The lowest BCUT2D eigenvalue weighted by atomic mass is 10.1. The zero-order chi connectivity index (χ0) is 14.8. The predicted octanol–water partition coefficient (Wildman–Crippen LogP) is 3.42. The number of nitrogens with zero attached hydrogens (tertiary/aromatic N) is 2. The van der Waals surface area contributed by atoms with E-state index in [1.165, 1.54) is 27.6 Å². The molecular weight excluding hydrogens is 258 g/mol. The zero-order valence-corrected chi connectivity index (χ0v) is 12.9. The SMILES string of the molecule is CNCc1cn(Cc2ccc(C)c(C)c2)c2ncccc12. The van der Waals surface area contributed by atoms with Gasteiger partial charge >= 0.3 is 0 Å². The number of benzene rings is 1. The van der Waals surface area contributed by atoms with Crippen LogP contribution in [-0.2, 0) is 13.1 Å². The van der Waals surface area contributed by atoms with E-state index in [9.17, 15) is 0 Å². The maximum Gasteiger partial charge on any atom is 0.140 e. The van der Waals surface area contributed by atoms with Crippen molar-refractivity contribution in [1.29, 1.82) is 0 Å². The minimum atomic E-state index is 0.859. The third-order valence-corrected chi connectivity index (χ3v) is 4.01. The fourth-order valence-electron chi connectivity index (χ4n) is 2.75. The van der Waals surface area contributed by atoms with E-state index in [1.54, 1.807) is 0 Å². The molecule has 0 radical (unpaired) electrons. The van der Waals surface area contributed by atoms with E-state index in [0.717, 1.165) is 18.7 Å². The monoisotopic (exact) mass is 279 g/mol. The smallest absolute Gasteiger partial charge is 0.140 e. The molecule has 0 aliphatic carbocycles. The molecule has 0 aliphatic rings. The third-order valence-electron chi connectivity index (χ3n) is 4.01. The number of rotatable bonds is 4. The summed E-state index contributed by atoms with van der Waals surface area (Å²) in [4.78, 5) is 4.56. The van der Waals surface area contributed by atoms with E-state index < -0.39 is 0 Å². The number of aryl methyl sites for hydroxylation is 2. The van der Waals surface area contributed by atoms with Gasteiger partial charge in [0.1, 0.15) is 5.65 Å². The van der Waals surface area contributed by atoms with Crippen molar-refractivity contribution < 1.29 is 0 Å². The van der Waals surface area contributed by atoms with Crippen LogP contribution in [0.5, 0.6) is 0 Å². The Labute approximate surface area is 125 Å². The number of pyridine rings is 1. The van der Waals surface area contributed by atoms with Crippen LogP contribution in [0, 0.1) is 13.8 Å². The van der Waals surface area contributed by atoms with Crippen molar-refractivity contribution in [1.82, 2.24) is 14.9 Å². The molecule has 3 aromatic rings. The standard InChI is InChI=1S/C18H21N3/c1-13-6-7-15(9-14(13)2)11-21-12-16(10-19-3)17-5-4-8-20-18(17)21/h4-9,12,19H,10-11H2,1-3H3. The Kier molecular flexibility index (Phi) is 3.76. The first-order chi connectivity index (χ1) is 10.2. The number of hydrogen-bond donors (Lipinski definition) is 1. The highest BCUT2D eigenvalue weighted by molar-refractivity contribution is 5.80. The summed E-state index contributed by atoms with van der Waals surface area (Å²) in [5.41, 5.74) is 6.35. The van der Waals surface area contributed by atoms with Gasteiger partial charge in [0, 0.05) is 30.9 Å². The molecule has 3 rings (SSSR count). The van der Waals surface area contributed by atoms with Crippen LogP contribution in [0.3, 0.4) is 0 Å². The second kappa shape index (κ2) is 5.70. The van der Waals surface area contributed by atoms with Crippen LogP contribution in [0.15, 0.2) is 42.7 Å². The number of nitrogens with one attached hydrogen (secondary N) is 1. The Morgan fingerprint density at radius 2 is 2.00 bits per heavy atom. The molecule has 0 atom stereocenters. The fraction of sp³-hybridized carbons (Fsp3) is 0.278. The zero-order valence-electron chi connectivity index (χ0n) is 12.9. The average Bonchev–Trinajstić information content (AvgIpc) is 2.82. The molecule has 2 aromatic heterocycles. The molecule has 1 N–H and O–H groups in total. The predicted molar refractivity (Wildman–Crippen MR) is 87.5 cm³/mol. The lowest BCUT2D eigenvalue weighted by Gasteiger charge is -2.07. The summed E-state index contributed by atoms with van der Waals surface area (Å²) in [5, 5.41) is 4.46. The average molecular weight is 279 g/mol. The van der Waals surface area contributed by atoms with Gasteiger partial charge in [-0.1, -0.05) is 18.2 Å². The summed E-state index contributed by atoms with van der Waals surface area (Å²) < 4.78 is 2.24. The van der Waals surface area contributed by atoms with E-state index in [0.29, 0.717) is 0 Å². The van der Waals surface area contributed by atoms with E-state index in [-0.39, 0.29) is 0 Å². The lowest BCUT2D eigenvalue weighted by Crippen LogP contribution is -2.04. The van der Waals surface area contributed by atoms with Crippen molar-refractivity contribution in [2.45, 2.75) is 26.9 Å². The van der Waals surface area contributed by atoms with Crippen LogP contribution >= 0.6 is 0 Å². The minimum Gasteiger partial charge on any atom is -0.328 e. The van der Waals surface area contributed by atoms with Gasteiger partial charge in [-0.25, -0.2) is 4.98 Å². The molecule has 108 valence electrons. The van der Waals surface area contributed by atoms with Crippen LogP contribution in [0.4, 0.5) is 0 Å². The maximum atomic E-state index is 4.56. The molecular formula is C18H21N3. The molecule has 0 amide bonds. The Morgan fingerprint density at radius 1 is 1.14 bits per heavy atom. The highest BCUT2D eigenvalue weighted by atomic mass is 15.0. The Hall–Kier alpha value is -2.13. The number of aromatic nitrogens is 2. The lowest BCUT2D eigenvalue weighted by molar-refractivity contribution is 0.791. The van der Waals surface area contributed by atoms with Crippen LogP contribution in [0.25, 0.3) is 11.0 Å². The molecule has 0 saturated heterocycles. The van der Waals surface area contributed by atoms with E-state index >= 15 is 0 Å². The molecule has 0 aliphatic heterocycles. The first-order valence-corrected chi connectivity index (χ1v) is 7.32. The van der Waals surface area contributed by atoms with Crippen molar-refractivity contribution in [3.05, 3.63) is 65.0 Å². The molecule has 21 heavy (non-hydrogen) atoms. The van der Waals surface area contributed by atoms with E-state index in [2.05, 4.69) is 59.2 Å². The molecule has 0 unspecified atom stereocenters. The van der Waals surface area contributed by atoms with Crippen molar-refractivity contribution in [2.75, 3.05) is 7.05 Å². The summed E-state index contributed by atoms with van der Waals surface area (Å²) in [6.07, 6.45) is 4.08. The maximum absolute atomic E-state index is 4.56. The summed E-state index contributed by atoms with van der Waals surface area (Å²) in [7, 11) is 1.98. The van der Waals surface area contributed by atoms with E-state index in [4.69, 9.17) is 0 Å². The Bertz CT molecular complexity index is 771. The summed E-state index contributed by atoms with van der Waals surface area (Å²) in [5.74, 6) is 0. The fourth-order valence-corrected chi connectivity index (χ4v) is 2.75. The number of hydrogen-bond acceptors (Lipinski definition) is 2. The van der Waals surface area contributed by atoms with Crippen LogP contribution in [0.2, 0.25) is 0 Å². The molecule has 0 saturated carbocycles. The van der Waals surface area contributed by atoms with Gasteiger partial charge in [0.25, 0.3) is 0 Å². The van der Waals surface area contributed by atoms with Gasteiger partial charge in [-0.05, 0) is 55.3 Å². The van der Waals surface area contributed by atoms with Gasteiger partial charge in [-0.2, -0.15) is 0 Å². The van der Waals surface area contributed by atoms with Crippen molar-refractivity contribution >= 4 is 11.0 Å². The molecule has 1 aromatic carbocycles. The quantitative estimate of drug-likeness (QED) is 0.793. The Balaban J connectivity index is 2.01. The molecule has 3 heteroatoms. The van der Waals surface area contributed by atoms with E-state index in [1.807, 2.05) is 19.3 Å². The summed E-state index contributed by atoms with van der Waals surface area (Å²) in [6, 6.07) is 10.8. The van der Waals surface area contributed by atoms with Crippen LogP contribution in [-0.4, -0.2) is 16.6 Å².